The molecule has 0 unspecified atom stereocenters. The molecule has 6 heteroatoms. The molecule has 24 heavy (non-hydrogen) atoms. The second-order valence-corrected chi connectivity index (χ2v) is 9.17. The number of benzene rings is 1. The van der Waals surface area contributed by atoms with Crippen molar-refractivity contribution in [3.63, 3.8) is 0 Å². The Labute approximate surface area is 148 Å². The minimum atomic E-state index is -2.92. The molecule has 2 aromatic rings. The standard InChI is InChI=1S/C18H22ClNO3S/c1-24(21,22)13-14-5-4-10-20(11-14)12-15-8-9-18(23-15)16-6-2-3-7-17(16)19/h2-3,6-9,14H,4-5,10-13H2,1H3/t14-/m0/s1. The van der Waals surface area contributed by atoms with Crippen molar-refractivity contribution in [1.82, 2.24) is 4.90 Å². The number of piperidine rings is 1. The second kappa shape index (κ2) is 7.30. The van der Waals surface area contributed by atoms with Crippen LogP contribution in [-0.4, -0.2) is 38.4 Å². The number of rotatable bonds is 5. The Hall–Kier alpha value is -1.30. The largest absolute Gasteiger partial charge is 0.460 e. The summed E-state index contributed by atoms with van der Waals surface area (Å²) in [5, 5.41) is 0.671. The Balaban J connectivity index is 1.65. The highest BCUT2D eigenvalue weighted by Gasteiger charge is 2.24. The first-order valence-corrected chi connectivity index (χ1v) is 10.6. The van der Waals surface area contributed by atoms with Crippen LogP contribution >= 0.6 is 11.6 Å². The van der Waals surface area contributed by atoms with Crippen molar-refractivity contribution in [2.24, 2.45) is 5.92 Å². The second-order valence-electron chi connectivity index (χ2n) is 6.58. The van der Waals surface area contributed by atoms with E-state index < -0.39 is 9.84 Å². The lowest BCUT2D eigenvalue weighted by Crippen LogP contribution is -2.37. The van der Waals surface area contributed by atoms with Gasteiger partial charge < -0.3 is 4.42 Å². The Morgan fingerprint density at radius 2 is 2.04 bits per heavy atom. The van der Waals surface area contributed by atoms with E-state index in [-0.39, 0.29) is 11.7 Å². The molecule has 0 N–H and O–H groups in total. The lowest BCUT2D eigenvalue weighted by Gasteiger charge is -2.31. The number of nitrogens with zero attached hydrogens (tertiary/aromatic N) is 1. The van der Waals surface area contributed by atoms with Crippen molar-refractivity contribution >= 4 is 21.4 Å². The van der Waals surface area contributed by atoms with E-state index in [9.17, 15) is 8.42 Å². The molecule has 1 aliphatic rings. The number of sulfone groups is 1. The van der Waals surface area contributed by atoms with Crippen LogP contribution in [0.15, 0.2) is 40.8 Å². The fraction of sp³-hybridized carbons (Fsp3) is 0.444. The lowest BCUT2D eigenvalue weighted by molar-refractivity contribution is 0.167. The van der Waals surface area contributed by atoms with Crippen molar-refractivity contribution < 1.29 is 12.8 Å². The molecule has 3 rings (SSSR count). The van der Waals surface area contributed by atoms with Crippen LogP contribution < -0.4 is 0 Å². The number of hydrogen-bond donors (Lipinski definition) is 0. The molecule has 0 aliphatic carbocycles. The monoisotopic (exact) mass is 367 g/mol. The minimum absolute atomic E-state index is 0.215. The van der Waals surface area contributed by atoms with Gasteiger partial charge in [-0.15, -0.1) is 0 Å². The summed E-state index contributed by atoms with van der Waals surface area (Å²) in [5.74, 6) is 2.13. The first-order valence-electron chi connectivity index (χ1n) is 8.14. The summed E-state index contributed by atoms with van der Waals surface area (Å²) in [7, 11) is -2.92. The summed E-state index contributed by atoms with van der Waals surface area (Å²) < 4.78 is 29.0. The first-order chi connectivity index (χ1) is 11.4. The highest BCUT2D eigenvalue weighted by atomic mass is 35.5. The molecule has 130 valence electrons. The van der Waals surface area contributed by atoms with Gasteiger partial charge in [0.25, 0.3) is 0 Å². The number of furan rings is 1. The van der Waals surface area contributed by atoms with Crippen LogP contribution in [0.1, 0.15) is 18.6 Å². The van der Waals surface area contributed by atoms with Crippen LogP contribution in [0.3, 0.4) is 0 Å². The van der Waals surface area contributed by atoms with E-state index in [4.69, 9.17) is 16.0 Å². The third kappa shape index (κ3) is 4.62. The van der Waals surface area contributed by atoms with Crippen molar-refractivity contribution in [1.29, 1.82) is 0 Å². The lowest BCUT2D eigenvalue weighted by atomic mass is 10.00. The number of likely N-dealkylation sites (tertiary alicyclic amines) is 1. The first kappa shape index (κ1) is 17.5. The Morgan fingerprint density at radius 3 is 2.79 bits per heavy atom. The normalized spacial score (nSPS) is 19.5. The van der Waals surface area contributed by atoms with Crippen molar-refractivity contribution in [2.75, 3.05) is 25.1 Å². The zero-order valence-corrected chi connectivity index (χ0v) is 15.3. The van der Waals surface area contributed by atoms with Gasteiger partial charge in [-0.2, -0.15) is 0 Å². The van der Waals surface area contributed by atoms with Crippen LogP contribution in [0.25, 0.3) is 11.3 Å². The molecule has 0 spiro atoms. The van der Waals surface area contributed by atoms with Crippen LogP contribution in [-0.2, 0) is 16.4 Å². The molecule has 1 aliphatic heterocycles. The van der Waals surface area contributed by atoms with Gasteiger partial charge in [-0.3, -0.25) is 4.90 Å². The van der Waals surface area contributed by atoms with E-state index in [1.165, 1.54) is 6.26 Å². The molecule has 0 amide bonds. The predicted octanol–water partition coefficient (Wildman–Crippen LogP) is 3.86. The maximum absolute atomic E-state index is 11.5. The third-order valence-corrected chi connectivity index (χ3v) is 5.73. The quantitative estimate of drug-likeness (QED) is 0.805. The Morgan fingerprint density at radius 1 is 1.25 bits per heavy atom. The zero-order chi connectivity index (χ0) is 17.2. The summed E-state index contributed by atoms with van der Waals surface area (Å²) >= 11 is 6.21. The van der Waals surface area contributed by atoms with Gasteiger partial charge in [0.2, 0.25) is 0 Å². The van der Waals surface area contributed by atoms with E-state index in [0.29, 0.717) is 11.6 Å². The number of halogens is 1. The van der Waals surface area contributed by atoms with Crippen molar-refractivity contribution in [3.05, 3.63) is 47.2 Å². The predicted molar refractivity (Wildman–Crippen MR) is 96.9 cm³/mol. The van der Waals surface area contributed by atoms with E-state index in [1.54, 1.807) is 0 Å². The molecule has 1 fully saturated rings. The van der Waals surface area contributed by atoms with Gasteiger partial charge in [0, 0.05) is 18.4 Å². The Kier molecular flexibility index (Phi) is 5.33. The van der Waals surface area contributed by atoms with Crippen LogP contribution in [0.5, 0.6) is 0 Å². The molecule has 2 heterocycles. The van der Waals surface area contributed by atoms with Gasteiger partial charge >= 0.3 is 0 Å². The highest BCUT2D eigenvalue weighted by Crippen LogP contribution is 2.30. The van der Waals surface area contributed by atoms with Crippen LogP contribution in [0.2, 0.25) is 5.02 Å². The Bertz CT molecular complexity index is 800. The van der Waals surface area contributed by atoms with Gasteiger partial charge in [-0.25, -0.2) is 8.42 Å². The molecule has 1 saturated heterocycles. The van der Waals surface area contributed by atoms with E-state index in [1.807, 2.05) is 36.4 Å². The average Bonchev–Trinajstić information content (AvgIpc) is 2.94. The fourth-order valence-electron chi connectivity index (χ4n) is 3.35. The van der Waals surface area contributed by atoms with Crippen LogP contribution in [0.4, 0.5) is 0 Å². The molecule has 0 radical (unpaired) electrons. The van der Waals surface area contributed by atoms with Crippen molar-refractivity contribution in [3.8, 4) is 11.3 Å². The zero-order valence-electron chi connectivity index (χ0n) is 13.7. The van der Waals surface area contributed by atoms with E-state index in [0.717, 1.165) is 43.0 Å². The summed E-state index contributed by atoms with van der Waals surface area (Å²) in [4.78, 5) is 2.27. The summed E-state index contributed by atoms with van der Waals surface area (Å²) in [5.41, 5.74) is 0.888. The fourth-order valence-corrected chi connectivity index (χ4v) is 4.71. The molecule has 1 atom stereocenters. The van der Waals surface area contributed by atoms with Gasteiger partial charge in [0.05, 0.1) is 17.3 Å². The summed E-state index contributed by atoms with van der Waals surface area (Å²) in [6, 6.07) is 11.5. The molecule has 0 saturated carbocycles. The molecule has 4 nitrogen and oxygen atoms in total. The summed E-state index contributed by atoms with van der Waals surface area (Å²) in [6.45, 7) is 2.47. The topological polar surface area (TPSA) is 50.5 Å². The van der Waals surface area contributed by atoms with Crippen molar-refractivity contribution in [2.45, 2.75) is 19.4 Å². The molecule has 1 aromatic heterocycles. The third-order valence-electron chi connectivity index (χ3n) is 4.32. The maximum atomic E-state index is 11.5. The van der Waals surface area contributed by atoms with Gasteiger partial charge in [-0.05, 0) is 49.6 Å². The SMILES string of the molecule is CS(=O)(=O)C[C@H]1CCCN(Cc2ccc(-c3ccccc3Cl)o2)C1. The highest BCUT2D eigenvalue weighted by molar-refractivity contribution is 7.90. The average molecular weight is 368 g/mol. The molecule has 1 aromatic carbocycles. The van der Waals surface area contributed by atoms with E-state index >= 15 is 0 Å². The minimum Gasteiger partial charge on any atom is -0.460 e. The summed E-state index contributed by atoms with van der Waals surface area (Å²) in [6.07, 6.45) is 3.32. The van der Waals surface area contributed by atoms with Gasteiger partial charge in [0.15, 0.2) is 0 Å². The number of hydrogen-bond acceptors (Lipinski definition) is 4. The van der Waals surface area contributed by atoms with E-state index in [2.05, 4.69) is 4.90 Å². The van der Waals surface area contributed by atoms with Gasteiger partial charge in [0.1, 0.15) is 21.4 Å². The molecule has 0 bridgehead atoms. The maximum Gasteiger partial charge on any atom is 0.147 e. The van der Waals surface area contributed by atoms with Crippen LogP contribution in [0, 0.1) is 5.92 Å². The van der Waals surface area contributed by atoms with Gasteiger partial charge in [-0.1, -0.05) is 23.7 Å². The molecular weight excluding hydrogens is 346 g/mol. The molecular formula is C18H22ClNO3S. The smallest absolute Gasteiger partial charge is 0.147 e.